The first-order chi connectivity index (χ1) is 9.26. The average molecular weight is 262 g/mol. The molecule has 0 atom stereocenters. The summed E-state index contributed by atoms with van der Waals surface area (Å²) in [7, 11) is 0. The van der Waals surface area contributed by atoms with Crippen molar-refractivity contribution in [3.8, 4) is 0 Å². The predicted molar refractivity (Wildman–Crippen MR) is 81.0 cm³/mol. The Balaban J connectivity index is 2.26. The molecule has 1 aliphatic rings. The fourth-order valence-corrected chi connectivity index (χ4v) is 2.55. The zero-order chi connectivity index (χ0) is 13.7. The molecule has 19 heavy (non-hydrogen) atoms. The van der Waals surface area contributed by atoms with E-state index in [-0.39, 0.29) is 0 Å². The van der Waals surface area contributed by atoms with Crippen LogP contribution < -0.4 is 10.2 Å². The summed E-state index contributed by atoms with van der Waals surface area (Å²) in [6, 6.07) is 0. The molecule has 0 radical (unpaired) electrons. The topological polar surface area (TPSA) is 41.1 Å². The van der Waals surface area contributed by atoms with Crippen molar-refractivity contribution in [3.05, 3.63) is 11.3 Å². The molecule has 4 nitrogen and oxygen atoms in total. The second kappa shape index (κ2) is 6.73. The number of piperidine rings is 1. The Labute approximate surface area is 116 Å². The Kier molecular flexibility index (Phi) is 5.00. The lowest BCUT2D eigenvalue weighted by Gasteiger charge is -2.27. The number of aromatic nitrogens is 2. The summed E-state index contributed by atoms with van der Waals surface area (Å²) in [4.78, 5) is 11.8. The first kappa shape index (κ1) is 14.1. The minimum absolute atomic E-state index is 0.917. The summed E-state index contributed by atoms with van der Waals surface area (Å²) in [6.07, 6.45) is 5.94. The SMILES string of the molecule is CCCNc1nc(N2CCCCC2)nc(CC)c1C. The highest BCUT2D eigenvalue weighted by atomic mass is 15.3. The van der Waals surface area contributed by atoms with Crippen LogP contribution in [0.1, 0.15) is 50.8 Å². The fraction of sp³-hybridized carbons (Fsp3) is 0.733. The molecule has 1 aliphatic heterocycles. The van der Waals surface area contributed by atoms with Crippen LogP contribution in [0.15, 0.2) is 0 Å². The van der Waals surface area contributed by atoms with E-state index >= 15 is 0 Å². The minimum atomic E-state index is 0.917. The molecule has 0 aromatic carbocycles. The summed E-state index contributed by atoms with van der Waals surface area (Å²) >= 11 is 0. The van der Waals surface area contributed by atoms with Crippen molar-refractivity contribution >= 4 is 11.8 Å². The van der Waals surface area contributed by atoms with Gasteiger partial charge in [-0.05, 0) is 39.0 Å². The van der Waals surface area contributed by atoms with Crippen LogP contribution in [0.25, 0.3) is 0 Å². The van der Waals surface area contributed by atoms with Crippen LogP contribution in [-0.4, -0.2) is 29.6 Å². The first-order valence-electron chi connectivity index (χ1n) is 7.62. The summed E-state index contributed by atoms with van der Waals surface area (Å²) in [5, 5.41) is 3.44. The third kappa shape index (κ3) is 3.37. The average Bonchev–Trinajstić information content (AvgIpc) is 2.47. The van der Waals surface area contributed by atoms with Crippen LogP contribution >= 0.6 is 0 Å². The van der Waals surface area contributed by atoms with Crippen LogP contribution in [-0.2, 0) is 6.42 Å². The number of hydrogen-bond donors (Lipinski definition) is 1. The molecule has 1 aromatic heterocycles. The van der Waals surface area contributed by atoms with Crippen molar-refractivity contribution in [2.45, 2.75) is 52.9 Å². The smallest absolute Gasteiger partial charge is 0.227 e. The van der Waals surface area contributed by atoms with Crippen LogP contribution in [0.2, 0.25) is 0 Å². The third-order valence-electron chi connectivity index (χ3n) is 3.75. The van der Waals surface area contributed by atoms with E-state index in [2.05, 4.69) is 31.0 Å². The molecule has 0 unspecified atom stereocenters. The number of nitrogens with zero attached hydrogens (tertiary/aromatic N) is 3. The number of hydrogen-bond acceptors (Lipinski definition) is 4. The molecule has 2 heterocycles. The van der Waals surface area contributed by atoms with Crippen LogP contribution in [0, 0.1) is 6.92 Å². The number of aryl methyl sites for hydroxylation is 1. The molecule has 0 saturated carbocycles. The standard InChI is InChI=1S/C15H26N4/c1-4-9-16-14-12(3)13(5-2)17-15(18-14)19-10-7-6-8-11-19/h4-11H2,1-3H3,(H,16,17,18). The molecule has 1 N–H and O–H groups in total. The Bertz CT molecular complexity index is 411. The van der Waals surface area contributed by atoms with E-state index in [9.17, 15) is 0 Å². The van der Waals surface area contributed by atoms with Crippen LogP contribution in [0.5, 0.6) is 0 Å². The monoisotopic (exact) mass is 262 g/mol. The molecule has 0 spiro atoms. The maximum absolute atomic E-state index is 4.76. The van der Waals surface area contributed by atoms with Crippen molar-refractivity contribution in [3.63, 3.8) is 0 Å². The van der Waals surface area contributed by atoms with Crippen molar-refractivity contribution in [1.29, 1.82) is 0 Å². The highest BCUT2D eigenvalue weighted by Crippen LogP contribution is 2.22. The summed E-state index contributed by atoms with van der Waals surface area (Å²) in [5.74, 6) is 1.94. The van der Waals surface area contributed by atoms with E-state index in [4.69, 9.17) is 9.97 Å². The Morgan fingerprint density at radius 3 is 2.47 bits per heavy atom. The van der Waals surface area contributed by atoms with E-state index in [0.29, 0.717) is 0 Å². The predicted octanol–water partition coefficient (Wildman–Crippen LogP) is 3.16. The third-order valence-corrected chi connectivity index (χ3v) is 3.75. The molecule has 0 amide bonds. The van der Waals surface area contributed by atoms with Gasteiger partial charge in [-0.15, -0.1) is 0 Å². The zero-order valence-corrected chi connectivity index (χ0v) is 12.5. The van der Waals surface area contributed by atoms with Gasteiger partial charge in [0, 0.05) is 25.2 Å². The minimum Gasteiger partial charge on any atom is -0.370 e. The van der Waals surface area contributed by atoms with Gasteiger partial charge in [0.15, 0.2) is 0 Å². The molecule has 106 valence electrons. The summed E-state index contributed by atoms with van der Waals surface area (Å²) in [6.45, 7) is 9.63. The van der Waals surface area contributed by atoms with E-state index in [1.54, 1.807) is 0 Å². The van der Waals surface area contributed by atoms with Gasteiger partial charge in [0.05, 0.1) is 5.69 Å². The van der Waals surface area contributed by atoms with Crippen molar-refractivity contribution in [1.82, 2.24) is 9.97 Å². The Morgan fingerprint density at radius 2 is 1.84 bits per heavy atom. The van der Waals surface area contributed by atoms with E-state index in [1.807, 2.05) is 0 Å². The van der Waals surface area contributed by atoms with E-state index < -0.39 is 0 Å². The van der Waals surface area contributed by atoms with Crippen molar-refractivity contribution < 1.29 is 0 Å². The van der Waals surface area contributed by atoms with Gasteiger partial charge in [-0.25, -0.2) is 4.98 Å². The molecular formula is C15H26N4. The lowest BCUT2D eigenvalue weighted by atomic mass is 10.1. The van der Waals surface area contributed by atoms with Gasteiger partial charge in [-0.1, -0.05) is 13.8 Å². The van der Waals surface area contributed by atoms with E-state index in [1.165, 1.54) is 30.5 Å². The van der Waals surface area contributed by atoms with E-state index in [0.717, 1.165) is 44.2 Å². The molecule has 1 fully saturated rings. The highest BCUT2D eigenvalue weighted by Gasteiger charge is 2.16. The zero-order valence-electron chi connectivity index (χ0n) is 12.5. The van der Waals surface area contributed by atoms with Crippen LogP contribution in [0.3, 0.4) is 0 Å². The maximum Gasteiger partial charge on any atom is 0.227 e. The normalized spacial score (nSPS) is 15.6. The number of anilines is 2. The van der Waals surface area contributed by atoms with Gasteiger partial charge in [-0.2, -0.15) is 4.98 Å². The summed E-state index contributed by atoms with van der Waals surface area (Å²) < 4.78 is 0. The first-order valence-corrected chi connectivity index (χ1v) is 7.62. The molecular weight excluding hydrogens is 236 g/mol. The highest BCUT2D eigenvalue weighted by molar-refractivity contribution is 5.50. The molecule has 2 rings (SSSR count). The van der Waals surface area contributed by atoms with Gasteiger partial charge in [0.2, 0.25) is 5.95 Å². The second-order valence-electron chi connectivity index (χ2n) is 5.27. The van der Waals surface area contributed by atoms with Gasteiger partial charge in [0.1, 0.15) is 5.82 Å². The molecule has 0 bridgehead atoms. The molecule has 0 aliphatic carbocycles. The van der Waals surface area contributed by atoms with Crippen molar-refractivity contribution in [2.75, 3.05) is 29.9 Å². The quantitative estimate of drug-likeness (QED) is 0.885. The number of rotatable bonds is 5. The molecule has 4 heteroatoms. The van der Waals surface area contributed by atoms with Gasteiger partial charge >= 0.3 is 0 Å². The van der Waals surface area contributed by atoms with Gasteiger partial charge in [-0.3, -0.25) is 0 Å². The second-order valence-corrected chi connectivity index (χ2v) is 5.27. The van der Waals surface area contributed by atoms with Crippen molar-refractivity contribution in [2.24, 2.45) is 0 Å². The lowest BCUT2D eigenvalue weighted by molar-refractivity contribution is 0.567. The molecule has 1 saturated heterocycles. The Morgan fingerprint density at radius 1 is 1.11 bits per heavy atom. The molecule has 1 aromatic rings. The largest absolute Gasteiger partial charge is 0.370 e. The van der Waals surface area contributed by atoms with Gasteiger partial charge in [0.25, 0.3) is 0 Å². The fourth-order valence-electron chi connectivity index (χ4n) is 2.55. The van der Waals surface area contributed by atoms with Gasteiger partial charge < -0.3 is 10.2 Å². The lowest BCUT2D eigenvalue weighted by Crippen LogP contribution is -2.31. The van der Waals surface area contributed by atoms with Crippen LogP contribution in [0.4, 0.5) is 11.8 Å². The Hall–Kier alpha value is -1.32. The maximum atomic E-state index is 4.76. The number of nitrogens with one attached hydrogen (secondary N) is 1. The summed E-state index contributed by atoms with van der Waals surface area (Å²) in [5.41, 5.74) is 2.38.